The van der Waals surface area contributed by atoms with Crippen LogP contribution >= 0.6 is 0 Å². The summed E-state index contributed by atoms with van der Waals surface area (Å²) in [5.41, 5.74) is 3.75. The number of amides is 1. The maximum Gasteiger partial charge on any atom is 0.259 e. The van der Waals surface area contributed by atoms with E-state index in [4.69, 9.17) is 4.42 Å². The Morgan fingerprint density at radius 1 is 1.03 bits per heavy atom. The molecule has 1 amide bonds. The molecule has 0 aliphatic rings. The molecule has 0 saturated carbocycles. The molecule has 158 valence electrons. The number of nitrogens with zero attached hydrogens (tertiary/aromatic N) is 3. The summed E-state index contributed by atoms with van der Waals surface area (Å²) in [6.45, 7) is 3.62. The molecule has 2 aromatic carbocycles. The van der Waals surface area contributed by atoms with Crippen molar-refractivity contribution in [1.82, 2.24) is 14.8 Å². The predicted molar refractivity (Wildman–Crippen MR) is 124 cm³/mol. The largest absolute Gasteiger partial charge is 0.455 e. The van der Waals surface area contributed by atoms with Gasteiger partial charge in [-0.15, -0.1) is 0 Å². The van der Waals surface area contributed by atoms with Gasteiger partial charge in [-0.05, 0) is 32.0 Å². The van der Waals surface area contributed by atoms with Crippen molar-refractivity contribution in [2.45, 2.75) is 13.8 Å². The van der Waals surface area contributed by atoms with E-state index in [2.05, 4.69) is 15.4 Å². The van der Waals surface area contributed by atoms with Gasteiger partial charge in [-0.1, -0.05) is 36.4 Å². The minimum absolute atomic E-state index is 0.158. The van der Waals surface area contributed by atoms with Gasteiger partial charge < -0.3 is 9.73 Å². The first-order valence-electron chi connectivity index (χ1n) is 10.2. The minimum Gasteiger partial charge on any atom is -0.455 e. The van der Waals surface area contributed by atoms with Crippen LogP contribution in [0.5, 0.6) is 0 Å². The second kappa shape index (κ2) is 7.46. The molecule has 0 saturated heterocycles. The Morgan fingerprint density at radius 2 is 1.81 bits per heavy atom. The highest BCUT2D eigenvalue weighted by atomic mass is 16.3. The van der Waals surface area contributed by atoms with Crippen LogP contribution in [0.3, 0.4) is 0 Å². The molecule has 0 fully saturated rings. The molecular weight excluding hydrogens is 404 g/mol. The molecule has 0 spiro atoms. The van der Waals surface area contributed by atoms with Crippen LogP contribution in [0.25, 0.3) is 33.3 Å². The summed E-state index contributed by atoms with van der Waals surface area (Å²) in [7, 11) is 1.82. The van der Waals surface area contributed by atoms with Crippen LogP contribution in [0.2, 0.25) is 0 Å². The van der Waals surface area contributed by atoms with Crippen molar-refractivity contribution in [3.8, 4) is 11.3 Å². The highest BCUT2D eigenvalue weighted by Crippen LogP contribution is 2.28. The molecule has 0 unspecified atom stereocenters. The molecule has 0 bridgehead atoms. The van der Waals surface area contributed by atoms with Gasteiger partial charge in [0, 0.05) is 23.6 Å². The van der Waals surface area contributed by atoms with Crippen molar-refractivity contribution >= 4 is 33.6 Å². The van der Waals surface area contributed by atoms with Crippen LogP contribution in [0.1, 0.15) is 21.6 Å². The van der Waals surface area contributed by atoms with Gasteiger partial charge in [-0.25, -0.2) is 4.98 Å². The lowest BCUT2D eigenvalue weighted by Crippen LogP contribution is -2.15. The highest BCUT2D eigenvalue weighted by molar-refractivity contribution is 6.11. The molecule has 0 aliphatic carbocycles. The first kappa shape index (κ1) is 19.7. The first-order valence-corrected chi connectivity index (χ1v) is 10.2. The van der Waals surface area contributed by atoms with Crippen molar-refractivity contribution in [3.63, 3.8) is 0 Å². The number of para-hydroxylation sites is 1. The Morgan fingerprint density at radius 3 is 2.59 bits per heavy atom. The number of fused-ring (bicyclic) bond motifs is 2. The number of benzene rings is 2. The summed E-state index contributed by atoms with van der Waals surface area (Å²) in [4.78, 5) is 30.6. The van der Waals surface area contributed by atoms with Gasteiger partial charge in [0.25, 0.3) is 5.91 Å². The molecule has 5 aromatic rings. The monoisotopic (exact) mass is 424 g/mol. The molecule has 7 nitrogen and oxygen atoms in total. The Bertz CT molecular complexity index is 1570. The molecular formula is C25H20N4O3. The second-order valence-electron chi connectivity index (χ2n) is 7.69. The molecule has 3 aromatic heterocycles. The van der Waals surface area contributed by atoms with Gasteiger partial charge in [0.15, 0.2) is 16.7 Å². The standard InChI is InChI=1S/C25H20N4O3/c1-14-21(30)18-10-7-11-19(23(18)32-22(14)16-8-5-4-6-9-16)25(31)27-17-12-20-15(2)28-29(3)24(20)26-13-17/h4-13H,1-3H3,(H,27,31). The Hall–Kier alpha value is -4.26. The number of nitrogens with one attached hydrogen (secondary N) is 1. The summed E-state index contributed by atoms with van der Waals surface area (Å²) in [6.07, 6.45) is 1.59. The predicted octanol–water partition coefficient (Wildman–Crippen LogP) is 4.61. The Labute approximate surface area is 183 Å². The number of aryl methyl sites for hydroxylation is 2. The van der Waals surface area contributed by atoms with Crippen LogP contribution in [-0.4, -0.2) is 20.7 Å². The third kappa shape index (κ3) is 3.15. The highest BCUT2D eigenvalue weighted by Gasteiger charge is 2.19. The first-order chi connectivity index (χ1) is 15.4. The number of hydrogen-bond donors (Lipinski definition) is 1. The zero-order chi connectivity index (χ0) is 22.4. The number of carbonyl (C=O) groups excluding carboxylic acids is 1. The number of rotatable bonds is 3. The van der Waals surface area contributed by atoms with Crippen molar-refractivity contribution < 1.29 is 9.21 Å². The summed E-state index contributed by atoms with van der Waals surface area (Å²) in [5, 5.41) is 8.45. The molecule has 7 heteroatoms. The Kier molecular flexibility index (Phi) is 4.59. The number of pyridine rings is 1. The van der Waals surface area contributed by atoms with Crippen LogP contribution < -0.4 is 10.7 Å². The number of hydrogen-bond acceptors (Lipinski definition) is 5. The molecule has 0 atom stereocenters. The zero-order valence-corrected chi connectivity index (χ0v) is 17.8. The van der Waals surface area contributed by atoms with E-state index in [0.717, 1.165) is 22.3 Å². The molecule has 5 rings (SSSR count). The van der Waals surface area contributed by atoms with Crippen molar-refractivity contribution in [1.29, 1.82) is 0 Å². The van der Waals surface area contributed by atoms with Crippen LogP contribution in [0.15, 0.2) is 70.0 Å². The maximum atomic E-state index is 13.2. The van der Waals surface area contributed by atoms with Crippen LogP contribution in [-0.2, 0) is 7.05 Å². The van der Waals surface area contributed by atoms with Gasteiger partial charge in [-0.2, -0.15) is 5.10 Å². The lowest BCUT2D eigenvalue weighted by Gasteiger charge is -2.11. The number of carbonyl (C=O) groups is 1. The molecule has 0 radical (unpaired) electrons. The lowest BCUT2D eigenvalue weighted by atomic mass is 10.0. The summed E-state index contributed by atoms with van der Waals surface area (Å²) in [5.74, 6) is 0.0710. The van der Waals surface area contributed by atoms with E-state index in [9.17, 15) is 9.59 Å². The fourth-order valence-corrected chi connectivity index (χ4v) is 3.93. The summed E-state index contributed by atoms with van der Waals surface area (Å²) in [6, 6.07) is 16.2. The van der Waals surface area contributed by atoms with Gasteiger partial charge in [0.05, 0.1) is 28.5 Å². The van der Waals surface area contributed by atoms with E-state index in [1.807, 2.05) is 50.4 Å². The van der Waals surface area contributed by atoms with E-state index < -0.39 is 0 Å². The van der Waals surface area contributed by atoms with Gasteiger partial charge in [-0.3, -0.25) is 14.3 Å². The third-order valence-corrected chi connectivity index (χ3v) is 5.55. The van der Waals surface area contributed by atoms with Crippen molar-refractivity contribution in [2.24, 2.45) is 7.05 Å². The van der Waals surface area contributed by atoms with Crippen molar-refractivity contribution in [2.75, 3.05) is 5.32 Å². The van der Waals surface area contributed by atoms with Gasteiger partial charge >= 0.3 is 0 Å². The fourth-order valence-electron chi connectivity index (χ4n) is 3.93. The van der Waals surface area contributed by atoms with Crippen LogP contribution in [0, 0.1) is 13.8 Å². The quantitative estimate of drug-likeness (QED) is 0.457. The normalized spacial score (nSPS) is 11.2. The Balaban J connectivity index is 1.61. The second-order valence-corrected chi connectivity index (χ2v) is 7.69. The van der Waals surface area contributed by atoms with E-state index in [1.165, 1.54) is 0 Å². The van der Waals surface area contributed by atoms with E-state index in [1.54, 1.807) is 36.0 Å². The van der Waals surface area contributed by atoms with Gasteiger partial charge in [0.2, 0.25) is 0 Å². The molecule has 32 heavy (non-hydrogen) atoms. The number of aromatic nitrogens is 3. The van der Waals surface area contributed by atoms with Crippen molar-refractivity contribution in [3.05, 3.63) is 87.8 Å². The van der Waals surface area contributed by atoms with E-state index in [-0.39, 0.29) is 22.5 Å². The third-order valence-electron chi connectivity index (χ3n) is 5.55. The zero-order valence-electron chi connectivity index (χ0n) is 17.8. The van der Waals surface area contributed by atoms with E-state index >= 15 is 0 Å². The summed E-state index contributed by atoms with van der Waals surface area (Å²) < 4.78 is 7.85. The minimum atomic E-state index is -0.385. The molecule has 0 aliphatic heterocycles. The average Bonchev–Trinajstić information content (AvgIpc) is 3.09. The molecule has 1 N–H and O–H groups in total. The van der Waals surface area contributed by atoms with E-state index in [0.29, 0.717) is 22.4 Å². The smallest absolute Gasteiger partial charge is 0.259 e. The molecule has 3 heterocycles. The SMILES string of the molecule is Cc1c(-c2ccccc2)oc2c(C(=O)Nc3cnc4c(c3)c(C)nn4C)cccc2c1=O. The van der Waals surface area contributed by atoms with Crippen LogP contribution in [0.4, 0.5) is 5.69 Å². The topological polar surface area (TPSA) is 90.0 Å². The number of anilines is 1. The summed E-state index contributed by atoms with van der Waals surface area (Å²) >= 11 is 0. The average molecular weight is 424 g/mol. The van der Waals surface area contributed by atoms with Gasteiger partial charge in [0.1, 0.15) is 5.76 Å². The lowest BCUT2D eigenvalue weighted by molar-refractivity contribution is 0.102. The fraction of sp³-hybridized carbons (Fsp3) is 0.120. The maximum absolute atomic E-state index is 13.2.